The normalized spacial score (nSPS) is 10.8. The van der Waals surface area contributed by atoms with E-state index in [-0.39, 0.29) is 0 Å². The molecule has 0 aromatic carbocycles. The van der Waals surface area contributed by atoms with E-state index in [1.807, 2.05) is 25.5 Å². The van der Waals surface area contributed by atoms with Gasteiger partial charge in [-0.15, -0.1) is 0 Å². The maximum Gasteiger partial charge on any atom is 0.171 e. The van der Waals surface area contributed by atoms with Gasteiger partial charge in [0.1, 0.15) is 0 Å². The highest BCUT2D eigenvalue weighted by Crippen LogP contribution is 2.18. The van der Waals surface area contributed by atoms with Crippen molar-refractivity contribution in [1.29, 1.82) is 0 Å². The second-order valence-corrected chi connectivity index (χ2v) is 5.32. The van der Waals surface area contributed by atoms with Crippen LogP contribution >= 0.6 is 11.6 Å². The average molecular weight is 294 g/mol. The molecule has 6 heteroatoms. The number of hydrogen-bond acceptors (Lipinski definition) is 4. The molecule has 20 heavy (non-hydrogen) atoms. The lowest BCUT2D eigenvalue weighted by molar-refractivity contribution is 0.573. The quantitative estimate of drug-likeness (QED) is 0.861. The highest BCUT2D eigenvalue weighted by molar-refractivity contribution is 6.31. The second kappa shape index (κ2) is 6.22. The Morgan fingerprint density at radius 3 is 2.50 bits per heavy atom. The van der Waals surface area contributed by atoms with Crippen molar-refractivity contribution in [3.8, 4) is 0 Å². The molecule has 0 atom stereocenters. The van der Waals surface area contributed by atoms with Crippen molar-refractivity contribution in [3.05, 3.63) is 34.0 Å². The van der Waals surface area contributed by atoms with E-state index in [0.29, 0.717) is 11.0 Å². The SMILES string of the molecule is Cc1cc(C)n(CCCNc2nc(C)c(C)nc2Cl)n1. The molecule has 0 unspecified atom stereocenters. The minimum Gasteiger partial charge on any atom is -0.367 e. The van der Waals surface area contributed by atoms with E-state index < -0.39 is 0 Å². The molecule has 108 valence electrons. The van der Waals surface area contributed by atoms with Crippen molar-refractivity contribution >= 4 is 17.4 Å². The predicted octanol–water partition coefficient (Wildman–Crippen LogP) is 3.06. The molecule has 0 saturated heterocycles. The van der Waals surface area contributed by atoms with Crippen molar-refractivity contribution < 1.29 is 0 Å². The molecule has 0 saturated carbocycles. The number of anilines is 1. The zero-order valence-corrected chi connectivity index (χ0v) is 13.1. The van der Waals surface area contributed by atoms with Crippen LogP contribution in [0.2, 0.25) is 5.15 Å². The summed E-state index contributed by atoms with van der Waals surface area (Å²) in [4.78, 5) is 8.66. The molecule has 0 fully saturated rings. The lowest BCUT2D eigenvalue weighted by Crippen LogP contribution is -2.11. The van der Waals surface area contributed by atoms with E-state index in [1.54, 1.807) is 0 Å². The van der Waals surface area contributed by atoms with Gasteiger partial charge in [0.2, 0.25) is 0 Å². The minimum absolute atomic E-state index is 0.430. The standard InChI is InChI=1S/C14H20ClN5/c1-9-8-10(2)20(19-9)7-5-6-16-14-13(15)17-11(3)12(4)18-14/h8H,5-7H2,1-4H3,(H,16,18). The van der Waals surface area contributed by atoms with Crippen LogP contribution in [0.3, 0.4) is 0 Å². The summed E-state index contributed by atoms with van der Waals surface area (Å²) >= 11 is 6.07. The van der Waals surface area contributed by atoms with Gasteiger partial charge < -0.3 is 5.32 Å². The van der Waals surface area contributed by atoms with Gasteiger partial charge in [0.25, 0.3) is 0 Å². The number of rotatable bonds is 5. The summed E-state index contributed by atoms with van der Waals surface area (Å²) in [6, 6.07) is 2.08. The van der Waals surface area contributed by atoms with Crippen LogP contribution in [0.4, 0.5) is 5.82 Å². The molecule has 0 spiro atoms. The summed E-state index contributed by atoms with van der Waals surface area (Å²) in [6.07, 6.45) is 0.951. The van der Waals surface area contributed by atoms with Crippen LogP contribution in [-0.4, -0.2) is 26.3 Å². The third kappa shape index (κ3) is 3.48. The van der Waals surface area contributed by atoms with Crippen molar-refractivity contribution in [2.75, 3.05) is 11.9 Å². The van der Waals surface area contributed by atoms with E-state index in [1.165, 1.54) is 5.69 Å². The van der Waals surface area contributed by atoms with E-state index in [4.69, 9.17) is 11.6 Å². The van der Waals surface area contributed by atoms with Gasteiger partial charge >= 0.3 is 0 Å². The first-order valence-corrected chi connectivity index (χ1v) is 7.11. The molecule has 5 nitrogen and oxygen atoms in total. The largest absolute Gasteiger partial charge is 0.367 e. The van der Waals surface area contributed by atoms with E-state index in [0.717, 1.165) is 36.6 Å². The molecular weight excluding hydrogens is 274 g/mol. The first-order chi connectivity index (χ1) is 9.47. The smallest absolute Gasteiger partial charge is 0.171 e. The van der Waals surface area contributed by atoms with Crippen LogP contribution in [-0.2, 0) is 6.54 Å². The Hall–Kier alpha value is -1.62. The minimum atomic E-state index is 0.430. The zero-order valence-electron chi connectivity index (χ0n) is 12.4. The Labute approximate surface area is 124 Å². The number of aromatic nitrogens is 4. The number of aryl methyl sites for hydroxylation is 5. The molecule has 2 aromatic heterocycles. The van der Waals surface area contributed by atoms with Crippen molar-refractivity contribution in [2.45, 2.75) is 40.7 Å². The summed E-state index contributed by atoms with van der Waals surface area (Å²) in [6.45, 7) is 9.57. The van der Waals surface area contributed by atoms with Crippen molar-refractivity contribution in [2.24, 2.45) is 0 Å². The predicted molar refractivity (Wildman–Crippen MR) is 81.3 cm³/mol. The van der Waals surface area contributed by atoms with Crippen LogP contribution < -0.4 is 5.32 Å². The van der Waals surface area contributed by atoms with Gasteiger partial charge in [-0.3, -0.25) is 4.68 Å². The molecule has 1 N–H and O–H groups in total. The molecular formula is C14H20ClN5. The van der Waals surface area contributed by atoms with Gasteiger partial charge in [-0.1, -0.05) is 11.6 Å². The van der Waals surface area contributed by atoms with Crippen LogP contribution in [0, 0.1) is 27.7 Å². The van der Waals surface area contributed by atoms with Gasteiger partial charge in [-0.05, 0) is 40.2 Å². The van der Waals surface area contributed by atoms with Gasteiger partial charge in [-0.2, -0.15) is 5.10 Å². The maximum atomic E-state index is 6.07. The topological polar surface area (TPSA) is 55.6 Å². The third-order valence-electron chi connectivity index (χ3n) is 3.21. The molecule has 0 aliphatic carbocycles. The molecule has 2 heterocycles. The highest BCUT2D eigenvalue weighted by Gasteiger charge is 2.06. The van der Waals surface area contributed by atoms with Gasteiger partial charge in [0.15, 0.2) is 11.0 Å². The monoisotopic (exact) mass is 293 g/mol. The number of halogens is 1. The summed E-state index contributed by atoms with van der Waals surface area (Å²) in [5.41, 5.74) is 4.00. The van der Waals surface area contributed by atoms with E-state index >= 15 is 0 Å². The van der Waals surface area contributed by atoms with Gasteiger partial charge in [0, 0.05) is 18.8 Å². The van der Waals surface area contributed by atoms with Gasteiger partial charge in [-0.25, -0.2) is 9.97 Å². The van der Waals surface area contributed by atoms with E-state index in [9.17, 15) is 0 Å². The molecule has 0 bridgehead atoms. The molecule has 0 amide bonds. The van der Waals surface area contributed by atoms with Crippen molar-refractivity contribution in [3.63, 3.8) is 0 Å². The first-order valence-electron chi connectivity index (χ1n) is 6.73. The van der Waals surface area contributed by atoms with Crippen LogP contribution in [0.25, 0.3) is 0 Å². The number of nitrogens with zero attached hydrogens (tertiary/aromatic N) is 4. The Balaban J connectivity index is 1.87. The fourth-order valence-corrected chi connectivity index (χ4v) is 2.26. The fourth-order valence-electron chi connectivity index (χ4n) is 2.03. The number of nitrogens with one attached hydrogen (secondary N) is 1. The Bertz CT molecular complexity index is 606. The lowest BCUT2D eigenvalue weighted by Gasteiger charge is -2.09. The van der Waals surface area contributed by atoms with Crippen LogP contribution in [0.15, 0.2) is 6.07 Å². The van der Waals surface area contributed by atoms with Gasteiger partial charge in [0.05, 0.1) is 17.1 Å². The first kappa shape index (κ1) is 14.8. The van der Waals surface area contributed by atoms with Crippen LogP contribution in [0.1, 0.15) is 29.2 Å². The van der Waals surface area contributed by atoms with Crippen molar-refractivity contribution in [1.82, 2.24) is 19.7 Å². The second-order valence-electron chi connectivity index (χ2n) is 4.96. The zero-order chi connectivity index (χ0) is 14.7. The molecule has 0 aliphatic heterocycles. The molecule has 2 aromatic rings. The molecule has 0 radical (unpaired) electrons. The highest BCUT2D eigenvalue weighted by atomic mass is 35.5. The fraction of sp³-hybridized carbons (Fsp3) is 0.500. The summed E-state index contributed by atoms with van der Waals surface area (Å²) in [5, 5.41) is 8.09. The Kier molecular flexibility index (Phi) is 4.60. The van der Waals surface area contributed by atoms with Crippen LogP contribution in [0.5, 0.6) is 0 Å². The third-order valence-corrected chi connectivity index (χ3v) is 3.47. The summed E-state index contributed by atoms with van der Waals surface area (Å²) in [5.74, 6) is 0.656. The summed E-state index contributed by atoms with van der Waals surface area (Å²) < 4.78 is 2.02. The Morgan fingerprint density at radius 2 is 1.85 bits per heavy atom. The maximum absolute atomic E-state index is 6.07. The molecule has 2 rings (SSSR count). The average Bonchev–Trinajstić information content (AvgIpc) is 2.69. The van der Waals surface area contributed by atoms with E-state index in [2.05, 4.69) is 33.4 Å². The molecule has 0 aliphatic rings. The summed E-state index contributed by atoms with van der Waals surface area (Å²) in [7, 11) is 0. The lowest BCUT2D eigenvalue weighted by atomic mass is 10.3. The number of hydrogen-bond donors (Lipinski definition) is 1. The Morgan fingerprint density at radius 1 is 1.15 bits per heavy atom.